The van der Waals surface area contributed by atoms with Gasteiger partial charge in [0.1, 0.15) is 5.75 Å². The smallest absolute Gasteiger partial charge is 0.159 e. The van der Waals surface area contributed by atoms with E-state index in [0.29, 0.717) is 12.4 Å². The van der Waals surface area contributed by atoms with Crippen LogP contribution in [0.4, 0.5) is 5.82 Å². The van der Waals surface area contributed by atoms with Crippen molar-refractivity contribution in [1.82, 2.24) is 14.8 Å². The number of methoxy groups -OCH3 is 1. The highest BCUT2D eigenvalue weighted by Crippen LogP contribution is 2.18. The molecule has 0 saturated carbocycles. The van der Waals surface area contributed by atoms with Gasteiger partial charge in [-0.25, -0.2) is 0 Å². The zero-order valence-corrected chi connectivity index (χ0v) is 11.2. The minimum absolute atomic E-state index is 0.476. The molecule has 2 rings (SSSR count). The second-order valence-electron chi connectivity index (χ2n) is 3.70. The fourth-order valence-electron chi connectivity index (χ4n) is 1.56. The number of hydrogen-bond donors (Lipinski definition) is 1. The SMILES string of the molecule is COc1cc(C)nc(Cn2cc(Br)c(N)n2)c1. The van der Waals surface area contributed by atoms with Crippen LogP contribution in [0.1, 0.15) is 11.4 Å². The molecule has 0 atom stereocenters. The van der Waals surface area contributed by atoms with E-state index in [-0.39, 0.29) is 0 Å². The number of rotatable bonds is 3. The first-order valence-corrected chi connectivity index (χ1v) is 5.88. The Morgan fingerprint density at radius 1 is 1.47 bits per heavy atom. The van der Waals surface area contributed by atoms with Crippen LogP contribution >= 0.6 is 15.9 Å². The number of hydrogen-bond acceptors (Lipinski definition) is 4. The van der Waals surface area contributed by atoms with Crippen molar-refractivity contribution in [3.8, 4) is 5.75 Å². The van der Waals surface area contributed by atoms with Crippen LogP contribution in [-0.4, -0.2) is 21.9 Å². The van der Waals surface area contributed by atoms with E-state index in [1.54, 1.807) is 11.8 Å². The van der Waals surface area contributed by atoms with E-state index in [4.69, 9.17) is 10.5 Å². The Morgan fingerprint density at radius 3 is 2.82 bits per heavy atom. The predicted molar refractivity (Wildman–Crippen MR) is 69.0 cm³/mol. The molecule has 0 bridgehead atoms. The summed E-state index contributed by atoms with van der Waals surface area (Å²) >= 11 is 3.32. The summed E-state index contributed by atoms with van der Waals surface area (Å²) < 4.78 is 7.72. The van der Waals surface area contributed by atoms with Crippen LogP contribution in [0.3, 0.4) is 0 Å². The summed E-state index contributed by atoms with van der Waals surface area (Å²) in [6.07, 6.45) is 1.83. The maximum absolute atomic E-state index is 5.66. The standard InChI is InChI=1S/C11H13BrN4O/c1-7-3-9(17-2)4-8(14-7)5-16-6-10(12)11(13)15-16/h3-4,6H,5H2,1-2H3,(H2,13,15). The van der Waals surface area contributed by atoms with Gasteiger partial charge in [-0.1, -0.05) is 0 Å². The third-order valence-corrected chi connectivity index (χ3v) is 2.89. The topological polar surface area (TPSA) is 66.0 Å². The van der Waals surface area contributed by atoms with Gasteiger partial charge in [0.25, 0.3) is 0 Å². The normalized spacial score (nSPS) is 10.5. The number of aryl methyl sites for hydroxylation is 1. The molecule has 0 aliphatic rings. The molecule has 0 amide bonds. The van der Waals surface area contributed by atoms with E-state index in [9.17, 15) is 0 Å². The summed E-state index contributed by atoms with van der Waals surface area (Å²) in [5, 5.41) is 4.16. The Hall–Kier alpha value is -1.56. The third-order valence-electron chi connectivity index (χ3n) is 2.28. The minimum atomic E-state index is 0.476. The molecule has 0 aliphatic heterocycles. The van der Waals surface area contributed by atoms with Gasteiger partial charge >= 0.3 is 0 Å². The van der Waals surface area contributed by atoms with Gasteiger partial charge in [-0.3, -0.25) is 9.67 Å². The van der Waals surface area contributed by atoms with E-state index in [1.165, 1.54) is 0 Å². The fraction of sp³-hybridized carbons (Fsp3) is 0.273. The van der Waals surface area contributed by atoms with Crippen molar-refractivity contribution in [1.29, 1.82) is 0 Å². The van der Waals surface area contributed by atoms with Gasteiger partial charge in [0, 0.05) is 24.0 Å². The van der Waals surface area contributed by atoms with Gasteiger partial charge in [-0.05, 0) is 22.9 Å². The lowest BCUT2D eigenvalue weighted by Crippen LogP contribution is -2.04. The summed E-state index contributed by atoms with van der Waals surface area (Å²) in [5.41, 5.74) is 7.46. The lowest BCUT2D eigenvalue weighted by atomic mass is 10.3. The zero-order valence-electron chi connectivity index (χ0n) is 9.64. The molecule has 0 saturated heterocycles. The maximum atomic E-state index is 5.66. The van der Waals surface area contributed by atoms with E-state index in [2.05, 4.69) is 26.0 Å². The number of ether oxygens (including phenoxy) is 1. The number of pyridine rings is 1. The molecule has 0 spiro atoms. The van der Waals surface area contributed by atoms with E-state index in [1.807, 2.05) is 25.3 Å². The molecule has 2 heterocycles. The number of nitrogen functional groups attached to an aromatic ring is 1. The third kappa shape index (κ3) is 2.76. The Labute approximate surface area is 108 Å². The molecule has 6 heteroatoms. The molecule has 17 heavy (non-hydrogen) atoms. The van der Waals surface area contributed by atoms with Crippen molar-refractivity contribution < 1.29 is 4.74 Å². The Morgan fingerprint density at radius 2 is 2.24 bits per heavy atom. The summed E-state index contributed by atoms with van der Waals surface area (Å²) in [5.74, 6) is 1.27. The van der Waals surface area contributed by atoms with Crippen molar-refractivity contribution in [2.75, 3.05) is 12.8 Å². The highest BCUT2D eigenvalue weighted by atomic mass is 79.9. The second-order valence-corrected chi connectivity index (χ2v) is 4.55. The van der Waals surface area contributed by atoms with Gasteiger partial charge in [0.2, 0.25) is 0 Å². The quantitative estimate of drug-likeness (QED) is 0.941. The van der Waals surface area contributed by atoms with Crippen LogP contribution in [0.15, 0.2) is 22.8 Å². The van der Waals surface area contributed by atoms with Gasteiger partial charge in [-0.15, -0.1) is 0 Å². The molecule has 2 aromatic rings. The van der Waals surface area contributed by atoms with Crippen molar-refractivity contribution in [3.63, 3.8) is 0 Å². The summed E-state index contributed by atoms with van der Waals surface area (Å²) in [6.45, 7) is 2.49. The highest BCUT2D eigenvalue weighted by Gasteiger charge is 2.05. The van der Waals surface area contributed by atoms with Crippen molar-refractivity contribution >= 4 is 21.7 Å². The van der Waals surface area contributed by atoms with Gasteiger partial charge in [0.15, 0.2) is 5.82 Å². The Kier molecular flexibility index (Phi) is 3.33. The van der Waals surface area contributed by atoms with Crippen LogP contribution < -0.4 is 10.5 Å². The molecule has 0 aromatic carbocycles. The van der Waals surface area contributed by atoms with Crippen LogP contribution in [-0.2, 0) is 6.54 Å². The molecule has 90 valence electrons. The number of halogens is 1. The molecule has 0 radical (unpaired) electrons. The van der Waals surface area contributed by atoms with Crippen LogP contribution in [0.25, 0.3) is 0 Å². The molecule has 0 unspecified atom stereocenters. The molecule has 2 aromatic heterocycles. The Bertz CT molecular complexity index is 519. The average Bonchev–Trinajstić information content (AvgIpc) is 2.57. The first-order chi connectivity index (χ1) is 8.08. The second kappa shape index (κ2) is 4.75. The number of anilines is 1. The lowest BCUT2D eigenvalue weighted by molar-refractivity contribution is 0.412. The van der Waals surface area contributed by atoms with Gasteiger partial charge in [0.05, 0.1) is 23.8 Å². The first-order valence-electron chi connectivity index (χ1n) is 5.08. The summed E-state index contributed by atoms with van der Waals surface area (Å²) in [6, 6.07) is 3.77. The van der Waals surface area contributed by atoms with E-state index >= 15 is 0 Å². The number of aromatic nitrogens is 3. The average molecular weight is 297 g/mol. The van der Waals surface area contributed by atoms with Crippen molar-refractivity contribution in [2.24, 2.45) is 0 Å². The number of nitrogens with zero attached hydrogens (tertiary/aromatic N) is 3. The molecule has 2 N–H and O–H groups in total. The number of nitrogens with two attached hydrogens (primary N) is 1. The maximum Gasteiger partial charge on any atom is 0.159 e. The minimum Gasteiger partial charge on any atom is -0.497 e. The fourth-order valence-corrected chi connectivity index (χ4v) is 1.88. The molecular formula is C11H13BrN4O. The Balaban J connectivity index is 2.26. The van der Waals surface area contributed by atoms with Crippen molar-refractivity contribution in [3.05, 3.63) is 34.2 Å². The predicted octanol–water partition coefficient (Wildman–Crippen LogP) is 1.99. The molecular weight excluding hydrogens is 284 g/mol. The summed E-state index contributed by atoms with van der Waals surface area (Å²) in [4.78, 5) is 4.42. The molecule has 5 nitrogen and oxygen atoms in total. The molecule has 0 aliphatic carbocycles. The van der Waals surface area contributed by atoms with E-state index in [0.717, 1.165) is 21.6 Å². The van der Waals surface area contributed by atoms with Crippen molar-refractivity contribution in [2.45, 2.75) is 13.5 Å². The monoisotopic (exact) mass is 296 g/mol. The van der Waals surface area contributed by atoms with Crippen LogP contribution in [0, 0.1) is 6.92 Å². The van der Waals surface area contributed by atoms with Gasteiger partial charge < -0.3 is 10.5 Å². The van der Waals surface area contributed by atoms with E-state index < -0.39 is 0 Å². The van der Waals surface area contributed by atoms with Crippen LogP contribution in [0.2, 0.25) is 0 Å². The lowest BCUT2D eigenvalue weighted by Gasteiger charge is -2.06. The molecule has 0 fully saturated rings. The zero-order chi connectivity index (χ0) is 12.4. The first kappa shape index (κ1) is 11.9. The van der Waals surface area contributed by atoms with Gasteiger partial charge in [-0.2, -0.15) is 5.10 Å². The summed E-state index contributed by atoms with van der Waals surface area (Å²) in [7, 11) is 1.64. The van der Waals surface area contributed by atoms with Crippen LogP contribution in [0.5, 0.6) is 5.75 Å². The highest BCUT2D eigenvalue weighted by molar-refractivity contribution is 9.10. The largest absolute Gasteiger partial charge is 0.497 e.